The van der Waals surface area contributed by atoms with Crippen LogP contribution in [0.3, 0.4) is 0 Å². The Kier molecular flexibility index (Phi) is 11.0. The molecule has 2 aliphatic rings. The van der Waals surface area contributed by atoms with Crippen LogP contribution < -0.4 is 24.6 Å². The zero-order valence-electron chi connectivity index (χ0n) is 23.1. The second kappa shape index (κ2) is 14.6. The topological polar surface area (TPSA) is 135 Å². The van der Waals surface area contributed by atoms with E-state index in [1.54, 1.807) is 14.2 Å². The van der Waals surface area contributed by atoms with Crippen molar-refractivity contribution in [2.24, 2.45) is 0 Å². The van der Waals surface area contributed by atoms with Gasteiger partial charge in [0.2, 0.25) is 0 Å². The Bertz CT molecular complexity index is 1160. The highest BCUT2D eigenvalue weighted by Gasteiger charge is 2.23. The van der Waals surface area contributed by atoms with Crippen LogP contribution >= 0.6 is 0 Å². The highest BCUT2D eigenvalue weighted by Crippen LogP contribution is 2.32. The van der Waals surface area contributed by atoms with Gasteiger partial charge in [-0.05, 0) is 49.5 Å². The Hall–Kier alpha value is -4.45. The van der Waals surface area contributed by atoms with E-state index in [0.29, 0.717) is 25.2 Å². The van der Waals surface area contributed by atoms with Crippen molar-refractivity contribution in [1.29, 1.82) is 0 Å². The van der Waals surface area contributed by atoms with E-state index in [1.165, 1.54) is 0 Å². The van der Waals surface area contributed by atoms with E-state index in [9.17, 15) is 14.4 Å². The fourth-order valence-corrected chi connectivity index (χ4v) is 4.37. The van der Waals surface area contributed by atoms with Crippen LogP contribution in [-0.4, -0.2) is 112 Å². The average molecular weight is 556 g/mol. The van der Waals surface area contributed by atoms with E-state index in [1.807, 2.05) is 35.2 Å². The van der Waals surface area contributed by atoms with Gasteiger partial charge in [-0.1, -0.05) is 0 Å². The summed E-state index contributed by atoms with van der Waals surface area (Å²) in [6.07, 6.45) is 1.12. The van der Waals surface area contributed by atoms with Crippen molar-refractivity contribution < 1.29 is 34.1 Å². The minimum absolute atomic E-state index is 0.0612. The molecular formula is C28H37N5O7. The van der Waals surface area contributed by atoms with E-state index in [2.05, 4.69) is 39.2 Å². The smallest absolute Gasteiger partial charge is 0.328 e. The summed E-state index contributed by atoms with van der Waals surface area (Å²) < 4.78 is 10.8. The van der Waals surface area contributed by atoms with E-state index >= 15 is 0 Å². The number of ether oxygens (including phenoxy) is 2. The number of aliphatic carboxylic acids is 2. The molecule has 2 aliphatic heterocycles. The standard InChI is InChI=1S/C24H33N5O3.C4H4O4/c1-26-10-12-28(13-11-26)22-18-19(4-9-23(22)32-3)25-24(30)29-16-14-27(15-17-29)20-5-7-21(31-2)8-6-20;5-3(6)1-2-4(7)8/h4-9,18H,10-17H2,1-3H3,(H,25,30);1-2H,(H,5,6)(H,7,8)/b;2-1+. The first-order valence-electron chi connectivity index (χ1n) is 12.9. The fourth-order valence-electron chi connectivity index (χ4n) is 4.37. The third-order valence-corrected chi connectivity index (χ3v) is 6.65. The molecular weight excluding hydrogens is 518 g/mol. The van der Waals surface area contributed by atoms with Gasteiger partial charge in [0.15, 0.2) is 0 Å². The SMILES string of the molecule is COc1ccc(N2CCN(C(=O)Nc3ccc(OC)c(N4CCN(C)CC4)c3)CC2)cc1.O=C(O)/C=C/C(=O)O. The maximum absolute atomic E-state index is 12.9. The first kappa shape index (κ1) is 30.1. The molecule has 2 fully saturated rings. The summed E-state index contributed by atoms with van der Waals surface area (Å²) in [5.41, 5.74) is 2.97. The van der Waals surface area contributed by atoms with Gasteiger partial charge < -0.3 is 44.6 Å². The Morgan fingerprint density at radius 1 is 0.775 bits per heavy atom. The largest absolute Gasteiger partial charge is 0.497 e. The normalized spacial score (nSPS) is 15.7. The van der Waals surface area contributed by atoms with Gasteiger partial charge in [0, 0.05) is 75.9 Å². The van der Waals surface area contributed by atoms with Crippen molar-refractivity contribution in [3.63, 3.8) is 0 Å². The quantitative estimate of drug-likeness (QED) is 0.438. The Morgan fingerprint density at radius 3 is 1.88 bits per heavy atom. The van der Waals surface area contributed by atoms with Crippen LogP contribution in [-0.2, 0) is 9.59 Å². The van der Waals surface area contributed by atoms with Crippen LogP contribution in [0.15, 0.2) is 54.6 Å². The van der Waals surface area contributed by atoms with Crippen LogP contribution in [0.5, 0.6) is 11.5 Å². The number of urea groups is 1. The summed E-state index contributed by atoms with van der Waals surface area (Å²) in [6, 6.07) is 13.9. The lowest BCUT2D eigenvalue weighted by Crippen LogP contribution is -2.50. The number of benzene rings is 2. The molecule has 4 rings (SSSR count). The van der Waals surface area contributed by atoms with Crippen molar-refractivity contribution in [3.8, 4) is 11.5 Å². The number of carbonyl (C=O) groups excluding carboxylic acids is 1. The highest BCUT2D eigenvalue weighted by molar-refractivity contribution is 5.91. The molecule has 0 radical (unpaired) electrons. The minimum atomic E-state index is -1.26. The van der Waals surface area contributed by atoms with Gasteiger partial charge >= 0.3 is 18.0 Å². The van der Waals surface area contributed by atoms with Crippen LogP contribution in [0.1, 0.15) is 0 Å². The van der Waals surface area contributed by atoms with Gasteiger partial charge in [-0.15, -0.1) is 0 Å². The zero-order chi connectivity index (χ0) is 29.1. The van der Waals surface area contributed by atoms with Crippen molar-refractivity contribution in [3.05, 3.63) is 54.6 Å². The van der Waals surface area contributed by atoms with Crippen LogP contribution in [0, 0.1) is 0 Å². The number of carbonyl (C=O) groups is 3. The fraction of sp³-hybridized carbons (Fsp3) is 0.393. The molecule has 0 unspecified atom stereocenters. The van der Waals surface area contributed by atoms with Gasteiger partial charge in [-0.2, -0.15) is 0 Å². The predicted octanol–water partition coefficient (Wildman–Crippen LogP) is 2.52. The first-order chi connectivity index (χ1) is 19.2. The highest BCUT2D eigenvalue weighted by atomic mass is 16.5. The number of amides is 2. The predicted molar refractivity (Wildman–Crippen MR) is 153 cm³/mol. The molecule has 0 saturated carbocycles. The van der Waals surface area contributed by atoms with E-state index in [0.717, 1.165) is 67.8 Å². The molecule has 216 valence electrons. The van der Waals surface area contributed by atoms with E-state index in [4.69, 9.17) is 19.7 Å². The molecule has 2 aromatic carbocycles. The average Bonchev–Trinajstić information content (AvgIpc) is 2.97. The molecule has 2 saturated heterocycles. The summed E-state index contributed by atoms with van der Waals surface area (Å²) in [6.45, 7) is 6.87. The number of nitrogens with zero attached hydrogens (tertiary/aromatic N) is 4. The van der Waals surface area contributed by atoms with Gasteiger partial charge in [0.1, 0.15) is 11.5 Å². The molecule has 12 nitrogen and oxygen atoms in total. The summed E-state index contributed by atoms with van der Waals surface area (Å²) in [7, 11) is 5.50. The van der Waals surface area contributed by atoms with Crippen LogP contribution in [0.2, 0.25) is 0 Å². The number of carboxylic acid groups (broad SMARTS) is 2. The number of hydrogen-bond acceptors (Lipinski definition) is 8. The number of carboxylic acids is 2. The second-order valence-electron chi connectivity index (χ2n) is 9.29. The number of hydrogen-bond donors (Lipinski definition) is 3. The van der Waals surface area contributed by atoms with Crippen LogP contribution in [0.25, 0.3) is 0 Å². The number of anilines is 3. The van der Waals surface area contributed by atoms with Crippen molar-refractivity contribution >= 4 is 35.0 Å². The molecule has 40 heavy (non-hydrogen) atoms. The third-order valence-electron chi connectivity index (χ3n) is 6.65. The number of nitrogens with one attached hydrogen (secondary N) is 1. The number of rotatable bonds is 7. The molecule has 2 amide bonds. The Balaban J connectivity index is 0.000000482. The molecule has 2 aromatic rings. The van der Waals surface area contributed by atoms with Crippen molar-refractivity contribution in [2.75, 3.05) is 88.7 Å². The second-order valence-corrected chi connectivity index (χ2v) is 9.29. The summed E-state index contributed by atoms with van der Waals surface area (Å²) >= 11 is 0. The van der Waals surface area contributed by atoms with Crippen molar-refractivity contribution in [1.82, 2.24) is 9.80 Å². The molecule has 0 aliphatic carbocycles. The molecule has 3 N–H and O–H groups in total. The van der Waals surface area contributed by atoms with Crippen molar-refractivity contribution in [2.45, 2.75) is 0 Å². The van der Waals surface area contributed by atoms with Crippen LogP contribution in [0.4, 0.5) is 21.9 Å². The summed E-state index contributed by atoms with van der Waals surface area (Å²) in [5.74, 6) is -0.831. The lowest BCUT2D eigenvalue weighted by atomic mass is 10.2. The lowest BCUT2D eigenvalue weighted by molar-refractivity contribution is -0.134. The van der Waals surface area contributed by atoms with Gasteiger partial charge in [0.05, 0.1) is 19.9 Å². The molecule has 0 bridgehead atoms. The number of likely N-dealkylation sites (N-methyl/N-ethyl adjacent to an activating group) is 1. The molecule has 2 heterocycles. The maximum Gasteiger partial charge on any atom is 0.328 e. The van der Waals surface area contributed by atoms with E-state index < -0.39 is 11.9 Å². The molecule has 0 atom stereocenters. The van der Waals surface area contributed by atoms with Gasteiger partial charge in [0.25, 0.3) is 0 Å². The lowest BCUT2D eigenvalue weighted by Gasteiger charge is -2.36. The maximum atomic E-state index is 12.9. The Morgan fingerprint density at radius 2 is 1.35 bits per heavy atom. The monoisotopic (exact) mass is 555 g/mol. The number of piperazine rings is 2. The van der Waals surface area contributed by atoms with E-state index in [-0.39, 0.29) is 6.03 Å². The molecule has 0 aromatic heterocycles. The molecule has 12 heteroatoms. The third kappa shape index (κ3) is 8.80. The summed E-state index contributed by atoms with van der Waals surface area (Å²) in [4.78, 5) is 40.8. The number of methoxy groups -OCH3 is 2. The Labute approximate surface area is 234 Å². The molecule has 0 spiro atoms. The minimum Gasteiger partial charge on any atom is -0.497 e. The first-order valence-corrected chi connectivity index (χ1v) is 12.9. The van der Waals surface area contributed by atoms with Gasteiger partial charge in [-0.25, -0.2) is 14.4 Å². The zero-order valence-corrected chi connectivity index (χ0v) is 23.1. The van der Waals surface area contributed by atoms with Gasteiger partial charge in [-0.3, -0.25) is 0 Å². The summed E-state index contributed by atoms with van der Waals surface area (Å²) in [5, 5.41) is 18.7.